The van der Waals surface area contributed by atoms with Crippen molar-refractivity contribution < 1.29 is 19.2 Å². The van der Waals surface area contributed by atoms with Gasteiger partial charge in [-0.3, -0.25) is 4.98 Å². The number of benzene rings is 2. The molecular weight excluding hydrogens is 454 g/mol. The number of carboxylic acids is 1. The normalized spacial score (nSPS) is 15.5. The molecule has 0 radical (unpaired) electrons. The van der Waals surface area contributed by atoms with E-state index in [2.05, 4.69) is 57.2 Å². The first-order valence-corrected chi connectivity index (χ1v) is 12.3. The Bertz CT molecular complexity index is 1560. The number of hydrogen-bond acceptors (Lipinski definition) is 5. The van der Waals surface area contributed by atoms with Crippen LogP contribution in [0.5, 0.6) is 0 Å². The molecular formula is C29H27N3O4. The number of fused-ring (bicyclic) bond motifs is 3. The molecule has 182 valence electrons. The Hall–Kier alpha value is -3.97. The maximum absolute atomic E-state index is 11.9. The standard InChI is InChI=1S/C29H27N3O4/c1-17-26(18(2)36-31-17)21-8-9-23-24(14-21)32(25-15-22(29(33)34)16-30-27(23)25)28(19-6-4-3-5-7-19)20-10-12-35-13-11-20/h3-9,14-16,20,28H,10-13H2,1-2H3,(H,33,34). The van der Waals surface area contributed by atoms with Crippen LogP contribution in [0.15, 0.2) is 65.3 Å². The molecule has 1 fully saturated rings. The Kier molecular flexibility index (Phi) is 5.57. The van der Waals surface area contributed by atoms with Crippen LogP contribution in [0.3, 0.4) is 0 Å². The van der Waals surface area contributed by atoms with Crippen LogP contribution in [0, 0.1) is 19.8 Å². The SMILES string of the molecule is Cc1noc(C)c1-c1ccc2c3ncc(C(=O)O)cc3n(C(c3ccccc3)C3CCOCC3)c2c1. The van der Waals surface area contributed by atoms with Gasteiger partial charge < -0.3 is 18.9 Å². The van der Waals surface area contributed by atoms with Crippen molar-refractivity contribution in [3.05, 3.63) is 83.4 Å². The second-order valence-electron chi connectivity index (χ2n) is 9.50. The van der Waals surface area contributed by atoms with E-state index in [4.69, 9.17) is 9.26 Å². The van der Waals surface area contributed by atoms with E-state index < -0.39 is 5.97 Å². The summed E-state index contributed by atoms with van der Waals surface area (Å²) in [5, 5.41) is 14.9. The Morgan fingerprint density at radius 3 is 2.53 bits per heavy atom. The first kappa shape index (κ1) is 22.5. The summed E-state index contributed by atoms with van der Waals surface area (Å²) in [6, 6.07) is 18.5. The van der Waals surface area contributed by atoms with Gasteiger partial charge in [-0.1, -0.05) is 47.6 Å². The molecule has 2 aromatic carbocycles. The van der Waals surface area contributed by atoms with Gasteiger partial charge in [-0.25, -0.2) is 4.79 Å². The van der Waals surface area contributed by atoms with Gasteiger partial charge in [0.1, 0.15) is 5.76 Å². The van der Waals surface area contributed by atoms with Gasteiger partial charge in [0.05, 0.1) is 33.8 Å². The third kappa shape index (κ3) is 3.67. The number of ether oxygens (including phenoxy) is 1. The number of hydrogen-bond donors (Lipinski definition) is 1. The number of carbonyl (C=O) groups is 1. The van der Waals surface area contributed by atoms with Crippen molar-refractivity contribution in [2.75, 3.05) is 13.2 Å². The van der Waals surface area contributed by atoms with Crippen molar-refractivity contribution in [3.8, 4) is 11.1 Å². The molecule has 7 heteroatoms. The van der Waals surface area contributed by atoms with Crippen molar-refractivity contribution in [1.29, 1.82) is 0 Å². The smallest absolute Gasteiger partial charge is 0.337 e. The fourth-order valence-corrected chi connectivity index (χ4v) is 5.69. The van der Waals surface area contributed by atoms with Crippen LogP contribution in [0.4, 0.5) is 0 Å². The molecule has 6 rings (SSSR count). The summed E-state index contributed by atoms with van der Waals surface area (Å²) in [4.78, 5) is 16.6. The second kappa shape index (κ2) is 8.91. The molecule has 0 spiro atoms. The Morgan fingerprint density at radius 2 is 1.83 bits per heavy atom. The van der Waals surface area contributed by atoms with Crippen LogP contribution in [0.25, 0.3) is 33.1 Å². The molecule has 1 aliphatic heterocycles. The van der Waals surface area contributed by atoms with E-state index in [0.29, 0.717) is 19.1 Å². The zero-order valence-corrected chi connectivity index (χ0v) is 20.3. The Morgan fingerprint density at radius 1 is 1.06 bits per heavy atom. The van der Waals surface area contributed by atoms with Gasteiger partial charge in [-0.05, 0) is 55.9 Å². The molecule has 36 heavy (non-hydrogen) atoms. The van der Waals surface area contributed by atoms with Crippen molar-refractivity contribution in [3.63, 3.8) is 0 Å². The third-order valence-electron chi connectivity index (χ3n) is 7.34. The zero-order valence-electron chi connectivity index (χ0n) is 20.3. The molecule has 5 aromatic rings. The lowest BCUT2D eigenvalue weighted by molar-refractivity contribution is 0.0553. The fraction of sp³-hybridized carbons (Fsp3) is 0.276. The number of rotatable bonds is 5. The van der Waals surface area contributed by atoms with Crippen molar-refractivity contribution in [2.24, 2.45) is 5.92 Å². The zero-order chi connectivity index (χ0) is 24.8. The van der Waals surface area contributed by atoms with Gasteiger partial charge in [0.25, 0.3) is 0 Å². The summed E-state index contributed by atoms with van der Waals surface area (Å²) in [6.45, 7) is 5.30. The van der Waals surface area contributed by atoms with Gasteiger partial charge in [0, 0.05) is 30.4 Å². The number of nitrogens with zero attached hydrogens (tertiary/aromatic N) is 3. The first-order chi connectivity index (χ1) is 17.5. The van der Waals surface area contributed by atoms with E-state index in [9.17, 15) is 9.90 Å². The lowest BCUT2D eigenvalue weighted by atomic mass is 9.86. The quantitative estimate of drug-likeness (QED) is 0.323. The van der Waals surface area contributed by atoms with Crippen LogP contribution in [0.1, 0.15) is 46.3 Å². The van der Waals surface area contributed by atoms with Crippen LogP contribution >= 0.6 is 0 Å². The molecule has 1 unspecified atom stereocenters. The van der Waals surface area contributed by atoms with Gasteiger partial charge in [-0.15, -0.1) is 0 Å². The van der Waals surface area contributed by atoms with E-state index in [0.717, 1.165) is 57.4 Å². The number of aromatic nitrogens is 3. The highest BCUT2D eigenvalue weighted by Crippen LogP contribution is 2.42. The molecule has 0 aliphatic carbocycles. The number of pyridine rings is 1. The lowest BCUT2D eigenvalue weighted by Crippen LogP contribution is -2.27. The van der Waals surface area contributed by atoms with E-state index in [1.807, 2.05) is 19.9 Å². The van der Waals surface area contributed by atoms with Gasteiger partial charge in [0.15, 0.2) is 0 Å². The number of aryl methyl sites for hydroxylation is 2. The Balaban J connectivity index is 1.69. The summed E-state index contributed by atoms with van der Waals surface area (Å²) in [7, 11) is 0. The third-order valence-corrected chi connectivity index (χ3v) is 7.34. The summed E-state index contributed by atoms with van der Waals surface area (Å²) >= 11 is 0. The van der Waals surface area contributed by atoms with E-state index in [1.54, 1.807) is 6.07 Å². The van der Waals surface area contributed by atoms with E-state index in [1.165, 1.54) is 11.8 Å². The fourth-order valence-electron chi connectivity index (χ4n) is 5.69. The van der Waals surface area contributed by atoms with Gasteiger partial charge >= 0.3 is 5.97 Å². The molecule has 1 N–H and O–H groups in total. The number of aromatic carboxylic acids is 1. The van der Waals surface area contributed by atoms with Crippen molar-refractivity contribution >= 4 is 27.9 Å². The van der Waals surface area contributed by atoms with Crippen LogP contribution in [-0.4, -0.2) is 39.0 Å². The van der Waals surface area contributed by atoms with Gasteiger partial charge in [0.2, 0.25) is 0 Å². The Labute approximate surface area is 208 Å². The van der Waals surface area contributed by atoms with E-state index in [-0.39, 0.29) is 11.6 Å². The average molecular weight is 482 g/mol. The molecule has 3 aromatic heterocycles. The summed E-state index contributed by atoms with van der Waals surface area (Å²) in [5.74, 6) is 0.112. The molecule has 7 nitrogen and oxygen atoms in total. The van der Waals surface area contributed by atoms with Crippen LogP contribution in [0.2, 0.25) is 0 Å². The highest BCUT2D eigenvalue weighted by molar-refractivity contribution is 6.08. The summed E-state index contributed by atoms with van der Waals surface area (Å²) in [5.41, 5.74) is 6.83. The first-order valence-electron chi connectivity index (χ1n) is 12.3. The predicted molar refractivity (Wildman–Crippen MR) is 137 cm³/mol. The summed E-state index contributed by atoms with van der Waals surface area (Å²) < 4.78 is 13.5. The summed E-state index contributed by atoms with van der Waals surface area (Å²) in [6.07, 6.45) is 3.30. The minimum atomic E-state index is -0.986. The number of carboxylic acid groups (broad SMARTS) is 1. The second-order valence-corrected chi connectivity index (χ2v) is 9.50. The molecule has 0 bridgehead atoms. The molecule has 4 heterocycles. The largest absolute Gasteiger partial charge is 0.478 e. The topological polar surface area (TPSA) is 90.4 Å². The van der Waals surface area contributed by atoms with E-state index >= 15 is 0 Å². The lowest BCUT2D eigenvalue weighted by Gasteiger charge is -2.33. The maximum Gasteiger partial charge on any atom is 0.337 e. The molecule has 1 atom stereocenters. The van der Waals surface area contributed by atoms with Crippen LogP contribution in [-0.2, 0) is 4.74 Å². The van der Waals surface area contributed by atoms with Crippen LogP contribution < -0.4 is 0 Å². The highest BCUT2D eigenvalue weighted by atomic mass is 16.5. The molecule has 1 aliphatic rings. The van der Waals surface area contributed by atoms with Gasteiger partial charge in [-0.2, -0.15) is 0 Å². The predicted octanol–water partition coefficient (Wildman–Crippen LogP) is 6.18. The maximum atomic E-state index is 11.9. The minimum absolute atomic E-state index is 0.000800. The monoisotopic (exact) mass is 481 g/mol. The average Bonchev–Trinajstić information content (AvgIpc) is 3.41. The van der Waals surface area contributed by atoms with Crippen molar-refractivity contribution in [2.45, 2.75) is 32.7 Å². The van der Waals surface area contributed by atoms with Crippen molar-refractivity contribution in [1.82, 2.24) is 14.7 Å². The molecule has 1 saturated heterocycles. The molecule has 0 saturated carbocycles. The minimum Gasteiger partial charge on any atom is -0.478 e. The highest BCUT2D eigenvalue weighted by Gasteiger charge is 2.30. The molecule has 0 amide bonds.